The number of para-hydroxylation sites is 1. The number of nitrogen functional groups attached to an aromatic ring is 1. The third-order valence-electron chi connectivity index (χ3n) is 3.16. The Labute approximate surface area is 138 Å². The summed E-state index contributed by atoms with van der Waals surface area (Å²) in [6, 6.07) is 14.0. The summed E-state index contributed by atoms with van der Waals surface area (Å²) in [6.45, 7) is 0.358. The minimum absolute atomic E-state index is 0.0948. The van der Waals surface area contributed by atoms with E-state index in [0.29, 0.717) is 5.56 Å². The molecule has 0 radical (unpaired) electrons. The number of hydrogen-bond donors (Lipinski definition) is 2. The van der Waals surface area contributed by atoms with Gasteiger partial charge in [0.2, 0.25) is 0 Å². The highest BCUT2D eigenvalue weighted by molar-refractivity contribution is 5.72. The van der Waals surface area contributed by atoms with Gasteiger partial charge in [0.1, 0.15) is 12.3 Å². The van der Waals surface area contributed by atoms with Gasteiger partial charge < -0.3 is 15.8 Å². The summed E-state index contributed by atoms with van der Waals surface area (Å²) in [5, 5.41) is 13.5. The number of nitro groups is 1. The molecular formula is C17H17N3O4. The maximum absolute atomic E-state index is 11.6. The van der Waals surface area contributed by atoms with Gasteiger partial charge in [-0.2, -0.15) is 0 Å². The number of carbonyl (C=O) groups is 1. The van der Waals surface area contributed by atoms with E-state index in [-0.39, 0.29) is 24.5 Å². The Bertz CT molecular complexity index is 745. The lowest BCUT2D eigenvalue weighted by Gasteiger charge is -2.05. The molecule has 0 unspecified atom stereocenters. The Kier molecular flexibility index (Phi) is 5.90. The molecule has 0 aliphatic rings. The van der Waals surface area contributed by atoms with Crippen molar-refractivity contribution in [1.29, 1.82) is 0 Å². The van der Waals surface area contributed by atoms with E-state index in [2.05, 4.69) is 5.32 Å². The Morgan fingerprint density at radius 1 is 1.21 bits per heavy atom. The van der Waals surface area contributed by atoms with Crippen LogP contribution in [0.3, 0.4) is 0 Å². The summed E-state index contributed by atoms with van der Waals surface area (Å²) in [5.74, 6) is 0. The Hall–Kier alpha value is -3.35. The second-order valence-electron chi connectivity index (χ2n) is 4.89. The first kappa shape index (κ1) is 17.0. The molecule has 0 aliphatic heterocycles. The van der Waals surface area contributed by atoms with Gasteiger partial charge in [0.15, 0.2) is 0 Å². The predicted octanol–water partition coefficient (Wildman–Crippen LogP) is 3.12. The summed E-state index contributed by atoms with van der Waals surface area (Å²) < 4.78 is 5.05. The van der Waals surface area contributed by atoms with Crippen molar-refractivity contribution in [3.05, 3.63) is 75.8 Å². The number of nitrogens with one attached hydrogen (secondary N) is 1. The molecule has 2 aromatic rings. The highest BCUT2D eigenvalue weighted by atomic mass is 16.6. The molecule has 0 aliphatic carbocycles. The number of alkyl carbamates (subject to hydrolysis) is 1. The van der Waals surface area contributed by atoms with Gasteiger partial charge >= 0.3 is 6.09 Å². The van der Waals surface area contributed by atoms with Gasteiger partial charge in [-0.3, -0.25) is 10.1 Å². The SMILES string of the molecule is Nc1cccc(C=CCNC(=O)OCc2ccccc2)c1[N+](=O)[O-]. The van der Waals surface area contributed by atoms with Gasteiger partial charge in [-0.25, -0.2) is 4.79 Å². The van der Waals surface area contributed by atoms with Crippen molar-refractivity contribution in [1.82, 2.24) is 5.32 Å². The molecule has 7 nitrogen and oxygen atoms in total. The zero-order valence-corrected chi connectivity index (χ0v) is 12.8. The second kappa shape index (κ2) is 8.33. The van der Waals surface area contributed by atoms with Gasteiger partial charge in [-0.05, 0) is 17.7 Å². The maximum Gasteiger partial charge on any atom is 0.407 e. The molecule has 124 valence electrons. The van der Waals surface area contributed by atoms with Crippen molar-refractivity contribution in [2.45, 2.75) is 6.61 Å². The van der Waals surface area contributed by atoms with Crippen LogP contribution in [0.2, 0.25) is 0 Å². The Morgan fingerprint density at radius 2 is 1.96 bits per heavy atom. The molecule has 0 heterocycles. The number of anilines is 1. The van der Waals surface area contributed by atoms with Gasteiger partial charge in [0, 0.05) is 6.54 Å². The van der Waals surface area contributed by atoms with Crippen LogP contribution in [-0.4, -0.2) is 17.6 Å². The lowest BCUT2D eigenvalue weighted by atomic mass is 10.1. The summed E-state index contributed by atoms with van der Waals surface area (Å²) >= 11 is 0. The van der Waals surface area contributed by atoms with E-state index in [1.165, 1.54) is 12.1 Å². The van der Waals surface area contributed by atoms with E-state index in [4.69, 9.17) is 10.5 Å². The Morgan fingerprint density at radius 3 is 2.67 bits per heavy atom. The first-order chi connectivity index (χ1) is 11.6. The topological polar surface area (TPSA) is 107 Å². The van der Waals surface area contributed by atoms with Crippen molar-refractivity contribution >= 4 is 23.5 Å². The zero-order valence-electron chi connectivity index (χ0n) is 12.8. The van der Waals surface area contributed by atoms with E-state index < -0.39 is 11.0 Å². The summed E-state index contributed by atoms with van der Waals surface area (Å²) in [5.41, 5.74) is 6.81. The van der Waals surface area contributed by atoms with Crippen LogP contribution < -0.4 is 11.1 Å². The third kappa shape index (κ3) is 4.84. The molecule has 24 heavy (non-hydrogen) atoms. The lowest BCUT2D eigenvalue weighted by molar-refractivity contribution is -0.384. The van der Waals surface area contributed by atoms with Crippen LogP contribution in [0.25, 0.3) is 6.08 Å². The van der Waals surface area contributed by atoms with Gasteiger partial charge in [0.25, 0.3) is 5.69 Å². The van der Waals surface area contributed by atoms with E-state index >= 15 is 0 Å². The highest BCUT2D eigenvalue weighted by Gasteiger charge is 2.15. The fourth-order valence-electron chi connectivity index (χ4n) is 2.03. The first-order valence-corrected chi connectivity index (χ1v) is 7.22. The summed E-state index contributed by atoms with van der Waals surface area (Å²) in [4.78, 5) is 22.0. The van der Waals surface area contributed by atoms with Crippen molar-refractivity contribution in [3.8, 4) is 0 Å². The number of hydrogen-bond acceptors (Lipinski definition) is 5. The van der Waals surface area contributed by atoms with Crippen molar-refractivity contribution in [3.63, 3.8) is 0 Å². The number of nitro benzene ring substituents is 1. The fourth-order valence-corrected chi connectivity index (χ4v) is 2.03. The minimum atomic E-state index is -0.564. The summed E-state index contributed by atoms with van der Waals surface area (Å²) in [6.07, 6.45) is 2.56. The molecule has 7 heteroatoms. The molecule has 3 N–H and O–H groups in total. The van der Waals surface area contributed by atoms with Crippen LogP contribution in [0.15, 0.2) is 54.6 Å². The van der Waals surface area contributed by atoms with Crippen LogP contribution in [0.4, 0.5) is 16.2 Å². The largest absolute Gasteiger partial charge is 0.445 e. The normalized spacial score (nSPS) is 10.5. The third-order valence-corrected chi connectivity index (χ3v) is 3.16. The number of amides is 1. The van der Waals surface area contributed by atoms with Crippen LogP contribution in [0.1, 0.15) is 11.1 Å². The second-order valence-corrected chi connectivity index (χ2v) is 4.89. The molecule has 2 rings (SSSR count). The molecule has 0 saturated carbocycles. The van der Waals surface area contributed by atoms with E-state index in [0.717, 1.165) is 5.56 Å². The van der Waals surface area contributed by atoms with E-state index in [9.17, 15) is 14.9 Å². The van der Waals surface area contributed by atoms with Crippen molar-refractivity contribution in [2.24, 2.45) is 0 Å². The smallest absolute Gasteiger partial charge is 0.407 e. The van der Waals surface area contributed by atoms with Crippen LogP contribution in [-0.2, 0) is 11.3 Å². The minimum Gasteiger partial charge on any atom is -0.445 e. The van der Waals surface area contributed by atoms with Crippen molar-refractivity contribution < 1.29 is 14.5 Å². The van der Waals surface area contributed by atoms with Crippen molar-refractivity contribution in [2.75, 3.05) is 12.3 Å². The number of carbonyl (C=O) groups excluding carboxylic acids is 1. The molecular weight excluding hydrogens is 310 g/mol. The number of benzene rings is 2. The molecule has 0 spiro atoms. The number of nitrogens with zero attached hydrogens (tertiary/aromatic N) is 1. The fraction of sp³-hybridized carbons (Fsp3) is 0.118. The Balaban J connectivity index is 1.83. The van der Waals surface area contributed by atoms with Crippen LogP contribution in [0, 0.1) is 10.1 Å². The number of rotatable bonds is 6. The quantitative estimate of drug-likeness (QED) is 0.481. The van der Waals surface area contributed by atoms with Gasteiger partial charge in [0.05, 0.1) is 10.5 Å². The van der Waals surface area contributed by atoms with Crippen LogP contribution in [0.5, 0.6) is 0 Å². The maximum atomic E-state index is 11.6. The lowest BCUT2D eigenvalue weighted by Crippen LogP contribution is -2.24. The number of nitrogens with two attached hydrogens (primary N) is 1. The molecule has 0 fully saturated rings. The molecule has 0 saturated heterocycles. The number of ether oxygens (including phenoxy) is 1. The van der Waals surface area contributed by atoms with Gasteiger partial charge in [-0.15, -0.1) is 0 Å². The molecule has 0 bridgehead atoms. The molecule has 2 aromatic carbocycles. The standard InChI is InChI=1S/C17H17N3O4/c18-15-10-4-8-14(16(15)20(22)23)9-5-11-19-17(21)24-12-13-6-2-1-3-7-13/h1-10H,11-12,18H2,(H,19,21). The monoisotopic (exact) mass is 327 g/mol. The first-order valence-electron chi connectivity index (χ1n) is 7.22. The predicted molar refractivity (Wildman–Crippen MR) is 91.2 cm³/mol. The van der Waals surface area contributed by atoms with E-state index in [1.807, 2.05) is 30.3 Å². The zero-order chi connectivity index (χ0) is 17.4. The van der Waals surface area contributed by atoms with E-state index in [1.54, 1.807) is 18.2 Å². The average molecular weight is 327 g/mol. The van der Waals surface area contributed by atoms with Gasteiger partial charge in [-0.1, -0.05) is 48.6 Å². The highest BCUT2D eigenvalue weighted by Crippen LogP contribution is 2.26. The van der Waals surface area contributed by atoms with Crippen LogP contribution >= 0.6 is 0 Å². The summed E-state index contributed by atoms with van der Waals surface area (Å²) in [7, 11) is 0. The average Bonchev–Trinajstić information content (AvgIpc) is 2.57. The molecule has 0 atom stereocenters. The molecule has 1 amide bonds. The molecule has 0 aromatic heterocycles.